The highest BCUT2D eigenvalue weighted by molar-refractivity contribution is 6.42. The summed E-state index contributed by atoms with van der Waals surface area (Å²) in [6, 6.07) is 10.4. The third kappa shape index (κ3) is 4.34. The van der Waals surface area contributed by atoms with Crippen LogP contribution < -0.4 is 5.32 Å². The summed E-state index contributed by atoms with van der Waals surface area (Å²) in [5, 5.41) is 3.64. The van der Waals surface area contributed by atoms with Gasteiger partial charge in [-0.15, -0.1) is 0 Å². The van der Waals surface area contributed by atoms with Crippen LogP contribution in [0.2, 0.25) is 10.0 Å². The highest BCUT2D eigenvalue weighted by atomic mass is 35.5. The normalized spacial score (nSPS) is 15.0. The number of hydrogen-bond donors (Lipinski definition) is 1. The lowest BCUT2D eigenvalue weighted by atomic mass is 9.95. The van der Waals surface area contributed by atoms with Gasteiger partial charge in [-0.05, 0) is 55.3 Å². The molecule has 2 aromatic rings. The van der Waals surface area contributed by atoms with Gasteiger partial charge in [-0.2, -0.15) is 0 Å². The lowest BCUT2D eigenvalue weighted by Crippen LogP contribution is -2.41. The number of likely N-dealkylation sites (tertiary alicyclic amines) is 1. The van der Waals surface area contributed by atoms with Crippen LogP contribution >= 0.6 is 23.2 Å². The number of carbonyl (C=O) groups is 2. The first kappa shape index (κ1) is 18.7. The van der Waals surface area contributed by atoms with Crippen molar-refractivity contribution in [3.63, 3.8) is 0 Å². The Labute approximate surface area is 160 Å². The molecule has 0 bridgehead atoms. The van der Waals surface area contributed by atoms with E-state index in [1.165, 1.54) is 24.3 Å². The van der Waals surface area contributed by atoms with E-state index < -0.39 is 0 Å². The van der Waals surface area contributed by atoms with Gasteiger partial charge in [0.05, 0.1) is 10.0 Å². The second-order valence-corrected chi connectivity index (χ2v) is 7.01. The van der Waals surface area contributed by atoms with E-state index in [1.54, 1.807) is 23.1 Å². The van der Waals surface area contributed by atoms with Crippen molar-refractivity contribution in [2.75, 3.05) is 18.4 Å². The molecule has 0 unspecified atom stereocenters. The molecule has 136 valence electrons. The zero-order valence-corrected chi connectivity index (χ0v) is 15.4. The highest BCUT2D eigenvalue weighted by Gasteiger charge is 2.28. The summed E-state index contributed by atoms with van der Waals surface area (Å²) in [6.07, 6.45) is 1.14. The molecule has 1 aliphatic heterocycles. The summed E-state index contributed by atoms with van der Waals surface area (Å²) in [7, 11) is 0. The standard InChI is InChI=1S/C19H17Cl2FN2O2/c20-16-6-5-15(11-17(16)21)23-18(25)12-7-9-24(10-8-12)19(26)13-1-3-14(22)4-2-13/h1-6,11-12H,7-10H2,(H,23,25). The fraction of sp³-hybridized carbons (Fsp3) is 0.263. The lowest BCUT2D eigenvalue weighted by Gasteiger charge is -2.31. The number of amides is 2. The fourth-order valence-corrected chi connectivity index (χ4v) is 3.24. The number of halogens is 3. The number of nitrogens with zero attached hydrogens (tertiary/aromatic N) is 1. The van der Waals surface area contributed by atoms with E-state index in [2.05, 4.69) is 5.32 Å². The van der Waals surface area contributed by atoms with Crippen molar-refractivity contribution in [1.82, 2.24) is 4.90 Å². The molecule has 0 aliphatic carbocycles. The molecule has 1 aliphatic rings. The maximum atomic E-state index is 13.0. The molecule has 2 amide bonds. The topological polar surface area (TPSA) is 49.4 Å². The van der Waals surface area contributed by atoms with Gasteiger partial charge in [-0.3, -0.25) is 9.59 Å². The van der Waals surface area contributed by atoms with E-state index in [0.717, 1.165) is 0 Å². The van der Waals surface area contributed by atoms with Crippen LogP contribution in [0.3, 0.4) is 0 Å². The highest BCUT2D eigenvalue weighted by Crippen LogP contribution is 2.26. The summed E-state index contributed by atoms with van der Waals surface area (Å²) in [5.74, 6) is -0.799. The molecule has 0 saturated carbocycles. The second-order valence-electron chi connectivity index (χ2n) is 6.19. The molecule has 1 N–H and O–H groups in total. The number of benzene rings is 2. The van der Waals surface area contributed by atoms with Crippen LogP contribution in [0.1, 0.15) is 23.2 Å². The minimum absolute atomic E-state index is 0.0997. The van der Waals surface area contributed by atoms with Gasteiger partial charge >= 0.3 is 0 Å². The van der Waals surface area contributed by atoms with Crippen LogP contribution in [-0.2, 0) is 4.79 Å². The Morgan fingerprint density at radius 1 is 1.00 bits per heavy atom. The maximum absolute atomic E-state index is 13.0. The molecular weight excluding hydrogens is 378 g/mol. The van der Waals surface area contributed by atoms with Crippen molar-refractivity contribution in [3.05, 3.63) is 63.9 Å². The Hall–Kier alpha value is -2.11. The van der Waals surface area contributed by atoms with E-state index in [-0.39, 0.29) is 23.5 Å². The van der Waals surface area contributed by atoms with Gasteiger partial charge in [0.2, 0.25) is 5.91 Å². The van der Waals surface area contributed by atoms with Gasteiger partial charge in [-0.25, -0.2) is 4.39 Å². The molecule has 0 spiro atoms. The summed E-state index contributed by atoms with van der Waals surface area (Å²) in [5.41, 5.74) is 1.04. The molecule has 1 fully saturated rings. The minimum Gasteiger partial charge on any atom is -0.339 e. The van der Waals surface area contributed by atoms with Crippen LogP contribution in [-0.4, -0.2) is 29.8 Å². The number of hydrogen-bond acceptors (Lipinski definition) is 2. The summed E-state index contributed by atoms with van der Waals surface area (Å²) < 4.78 is 13.0. The first-order chi connectivity index (χ1) is 12.4. The van der Waals surface area contributed by atoms with Gasteiger partial charge in [0.25, 0.3) is 5.91 Å². The van der Waals surface area contributed by atoms with Crippen molar-refractivity contribution in [2.24, 2.45) is 5.92 Å². The number of nitrogens with one attached hydrogen (secondary N) is 1. The second kappa shape index (κ2) is 8.06. The summed E-state index contributed by atoms with van der Waals surface area (Å²) >= 11 is 11.8. The number of rotatable bonds is 3. The largest absolute Gasteiger partial charge is 0.339 e. The zero-order valence-electron chi connectivity index (χ0n) is 13.8. The molecule has 3 rings (SSSR count). The SMILES string of the molecule is O=C(Nc1ccc(Cl)c(Cl)c1)C1CCN(C(=O)c2ccc(F)cc2)CC1. The number of piperidine rings is 1. The van der Waals surface area contributed by atoms with Crippen molar-refractivity contribution in [2.45, 2.75) is 12.8 Å². The Morgan fingerprint density at radius 2 is 1.65 bits per heavy atom. The predicted octanol–water partition coefficient (Wildman–Crippen LogP) is 4.62. The third-order valence-electron chi connectivity index (χ3n) is 4.43. The quantitative estimate of drug-likeness (QED) is 0.825. The summed E-state index contributed by atoms with van der Waals surface area (Å²) in [6.45, 7) is 0.964. The van der Waals surface area contributed by atoms with Gasteiger partial charge in [-0.1, -0.05) is 23.2 Å². The average Bonchev–Trinajstić information content (AvgIpc) is 2.65. The molecule has 1 heterocycles. The van der Waals surface area contributed by atoms with Crippen LogP contribution in [0, 0.1) is 11.7 Å². The van der Waals surface area contributed by atoms with Crippen LogP contribution in [0.5, 0.6) is 0 Å². The Morgan fingerprint density at radius 3 is 2.27 bits per heavy atom. The Balaban J connectivity index is 1.55. The lowest BCUT2D eigenvalue weighted by molar-refractivity contribution is -0.121. The zero-order chi connectivity index (χ0) is 18.7. The number of carbonyl (C=O) groups excluding carboxylic acids is 2. The van der Waals surface area contributed by atoms with Crippen molar-refractivity contribution < 1.29 is 14.0 Å². The molecular formula is C19H17Cl2FN2O2. The molecule has 0 atom stereocenters. The molecule has 4 nitrogen and oxygen atoms in total. The van der Waals surface area contributed by atoms with Crippen LogP contribution in [0.4, 0.5) is 10.1 Å². The number of anilines is 1. The van der Waals surface area contributed by atoms with E-state index in [9.17, 15) is 14.0 Å². The van der Waals surface area contributed by atoms with E-state index in [0.29, 0.717) is 47.2 Å². The van der Waals surface area contributed by atoms with Gasteiger partial charge in [0.15, 0.2) is 0 Å². The van der Waals surface area contributed by atoms with Crippen molar-refractivity contribution in [3.8, 4) is 0 Å². The molecule has 26 heavy (non-hydrogen) atoms. The molecule has 7 heteroatoms. The smallest absolute Gasteiger partial charge is 0.253 e. The van der Waals surface area contributed by atoms with Crippen LogP contribution in [0.15, 0.2) is 42.5 Å². The molecule has 1 saturated heterocycles. The average molecular weight is 395 g/mol. The predicted molar refractivity (Wildman–Crippen MR) is 100 cm³/mol. The van der Waals surface area contributed by atoms with E-state index >= 15 is 0 Å². The van der Waals surface area contributed by atoms with Crippen LogP contribution in [0.25, 0.3) is 0 Å². The van der Waals surface area contributed by atoms with Crippen molar-refractivity contribution in [1.29, 1.82) is 0 Å². The summed E-state index contributed by atoms with van der Waals surface area (Å²) in [4.78, 5) is 26.5. The Bertz CT molecular complexity index is 819. The van der Waals surface area contributed by atoms with Crippen molar-refractivity contribution >= 4 is 40.7 Å². The molecule has 0 aromatic heterocycles. The first-order valence-corrected chi connectivity index (χ1v) is 9.00. The fourth-order valence-electron chi connectivity index (χ4n) is 2.94. The first-order valence-electron chi connectivity index (χ1n) is 8.25. The Kier molecular flexibility index (Phi) is 5.79. The third-order valence-corrected chi connectivity index (χ3v) is 5.17. The minimum atomic E-state index is -0.376. The van der Waals surface area contributed by atoms with Gasteiger partial charge in [0.1, 0.15) is 5.82 Å². The van der Waals surface area contributed by atoms with Gasteiger partial charge < -0.3 is 10.2 Å². The molecule has 0 radical (unpaired) electrons. The monoisotopic (exact) mass is 394 g/mol. The van der Waals surface area contributed by atoms with E-state index in [4.69, 9.17) is 23.2 Å². The maximum Gasteiger partial charge on any atom is 0.253 e. The molecule has 2 aromatic carbocycles. The van der Waals surface area contributed by atoms with E-state index in [1.807, 2.05) is 0 Å². The van der Waals surface area contributed by atoms with Gasteiger partial charge in [0, 0.05) is 30.3 Å².